The number of esters is 2. The zero-order chi connectivity index (χ0) is 35.8. The summed E-state index contributed by atoms with van der Waals surface area (Å²) in [6.07, 6.45) is 2.62. The van der Waals surface area contributed by atoms with Crippen molar-refractivity contribution >= 4 is 24.1 Å². The van der Waals surface area contributed by atoms with Crippen LogP contribution in [0.3, 0.4) is 0 Å². The lowest BCUT2D eigenvalue weighted by Gasteiger charge is -2.46. The summed E-state index contributed by atoms with van der Waals surface area (Å²) < 4.78 is 42.1. The summed E-state index contributed by atoms with van der Waals surface area (Å²) in [6, 6.07) is -0.111. The third-order valence-electron chi connectivity index (χ3n) is 7.12. The first kappa shape index (κ1) is 42.8. The molecular formula is C34H58N2O12. The number of rotatable bonds is 25. The summed E-state index contributed by atoms with van der Waals surface area (Å²) in [4.78, 5) is 47.3. The van der Waals surface area contributed by atoms with Gasteiger partial charge < -0.3 is 48.5 Å². The van der Waals surface area contributed by atoms with Gasteiger partial charge in [-0.25, -0.2) is 19.2 Å². The van der Waals surface area contributed by atoms with Crippen LogP contribution in [0.4, 0.5) is 9.59 Å². The zero-order valence-corrected chi connectivity index (χ0v) is 29.6. The van der Waals surface area contributed by atoms with Gasteiger partial charge in [-0.3, -0.25) is 0 Å². The fourth-order valence-corrected chi connectivity index (χ4v) is 5.37. The minimum absolute atomic E-state index is 0.0550. The van der Waals surface area contributed by atoms with E-state index in [0.717, 1.165) is 12.8 Å². The van der Waals surface area contributed by atoms with E-state index in [1.54, 1.807) is 13.8 Å². The van der Waals surface area contributed by atoms with Crippen LogP contribution < -0.4 is 10.6 Å². The lowest BCUT2D eigenvalue weighted by Crippen LogP contribution is -2.50. The number of carbonyl (C=O) groups excluding carboxylic acids is 4. The average molecular weight is 687 g/mol. The number of ether oxygens (including phenoxy) is 8. The molecule has 0 bridgehead atoms. The van der Waals surface area contributed by atoms with E-state index in [-0.39, 0.29) is 56.5 Å². The minimum Gasteiger partial charge on any atom is -0.460 e. The molecular weight excluding hydrogens is 628 g/mol. The van der Waals surface area contributed by atoms with Gasteiger partial charge in [0.15, 0.2) is 0 Å². The van der Waals surface area contributed by atoms with E-state index in [2.05, 4.69) is 44.6 Å². The number of hydrogen-bond donors (Lipinski definition) is 2. The molecule has 0 radical (unpaired) electrons. The summed E-state index contributed by atoms with van der Waals surface area (Å²) in [5, 5.41) is 5.83. The van der Waals surface area contributed by atoms with Crippen LogP contribution >= 0.6 is 0 Å². The number of amides is 2. The van der Waals surface area contributed by atoms with Gasteiger partial charge >= 0.3 is 24.1 Å². The van der Waals surface area contributed by atoms with Gasteiger partial charge in [0.1, 0.15) is 26.4 Å². The van der Waals surface area contributed by atoms with Gasteiger partial charge in [0.05, 0.1) is 26.4 Å². The van der Waals surface area contributed by atoms with Gasteiger partial charge in [0, 0.05) is 50.2 Å². The molecule has 2 atom stereocenters. The third kappa shape index (κ3) is 21.6. The highest BCUT2D eigenvalue weighted by Gasteiger charge is 2.42. The summed E-state index contributed by atoms with van der Waals surface area (Å²) in [5.41, 5.74) is 0.388. The molecule has 0 heterocycles. The number of nitrogens with one attached hydrogen (secondary N) is 2. The lowest BCUT2D eigenvalue weighted by molar-refractivity contribution is -0.141. The van der Waals surface area contributed by atoms with Gasteiger partial charge in [-0.2, -0.15) is 0 Å². The van der Waals surface area contributed by atoms with Crippen molar-refractivity contribution in [3.8, 4) is 0 Å². The molecule has 14 nitrogen and oxygen atoms in total. The van der Waals surface area contributed by atoms with Crippen molar-refractivity contribution in [3.63, 3.8) is 0 Å². The van der Waals surface area contributed by atoms with Crippen LogP contribution in [0.1, 0.15) is 66.7 Å². The summed E-state index contributed by atoms with van der Waals surface area (Å²) >= 11 is 0. The Morgan fingerprint density at radius 2 is 1.02 bits per heavy atom. The molecule has 1 fully saturated rings. The van der Waals surface area contributed by atoms with Crippen LogP contribution in [0.15, 0.2) is 24.3 Å². The Kier molecular flexibility index (Phi) is 21.4. The molecule has 0 saturated heterocycles. The Morgan fingerprint density at radius 1 is 0.604 bits per heavy atom. The lowest BCUT2D eigenvalue weighted by atomic mass is 9.62. The third-order valence-corrected chi connectivity index (χ3v) is 7.12. The standard InChI is InChI=1S/C34H58N2O12/c1-26(2)29(37)45-18-14-41-10-8-12-43-16-20-47-31(39)35-25-34(7)23-28(22-33(5,6)24-34)36-32(40)48-21-17-44-13-9-11-42-15-19-46-30(38)27(3)4/h28H,1,3,8-25H2,2,4-7H3,(H,35,39)(H,36,40). The van der Waals surface area contributed by atoms with E-state index < -0.39 is 24.1 Å². The van der Waals surface area contributed by atoms with E-state index in [1.165, 1.54) is 0 Å². The second-order valence-electron chi connectivity index (χ2n) is 13.0. The zero-order valence-electron chi connectivity index (χ0n) is 29.6. The number of hydrogen-bond acceptors (Lipinski definition) is 12. The molecule has 1 aliphatic carbocycles. The normalized spacial score (nSPS) is 18.3. The first-order chi connectivity index (χ1) is 22.7. The number of carbonyl (C=O) groups is 4. The van der Waals surface area contributed by atoms with Gasteiger partial charge in [-0.1, -0.05) is 33.9 Å². The van der Waals surface area contributed by atoms with Crippen molar-refractivity contribution in [1.82, 2.24) is 10.6 Å². The summed E-state index contributed by atoms with van der Waals surface area (Å²) in [7, 11) is 0. The minimum atomic E-state index is -0.518. The maximum absolute atomic E-state index is 12.5. The molecule has 14 heteroatoms. The van der Waals surface area contributed by atoms with Crippen molar-refractivity contribution < 1.29 is 57.1 Å². The van der Waals surface area contributed by atoms with Crippen LogP contribution in [-0.2, 0) is 47.5 Å². The molecule has 2 N–H and O–H groups in total. The van der Waals surface area contributed by atoms with Crippen LogP contribution in [0.25, 0.3) is 0 Å². The molecule has 2 amide bonds. The summed E-state index contributed by atoms with van der Waals surface area (Å²) in [5.74, 6) is -0.870. The molecule has 0 spiro atoms. The molecule has 1 rings (SSSR count). The predicted molar refractivity (Wildman–Crippen MR) is 177 cm³/mol. The van der Waals surface area contributed by atoms with Crippen LogP contribution in [-0.4, -0.2) is 116 Å². The van der Waals surface area contributed by atoms with Crippen LogP contribution in [0.5, 0.6) is 0 Å². The van der Waals surface area contributed by atoms with Crippen molar-refractivity contribution in [1.29, 1.82) is 0 Å². The Hall–Kier alpha value is -3.20. The average Bonchev–Trinajstić information content (AvgIpc) is 3.00. The summed E-state index contributed by atoms with van der Waals surface area (Å²) in [6.45, 7) is 20.5. The fourth-order valence-electron chi connectivity index (χ4n) is 5.37. The second-order valence-corrected chi connectivity index (χ2v) is 13.0. The molecule has 0 aromatic rings. The van der Waals surface area contributed by atoms with Gasteiger partial charge in [-0.15, -0.1) is 0 Å². The Bertz CT molecular complexity index is 1020. The van der Waals surface area contributed by atoms with Gasteiger partial charge in [-0.05, 0) is 56.8 Å². The molecule has 1 saturated carbocycles. The van der Waals surface area contributed by atoms with E-state index in [0.29, 0.717) is 76.6 Å². The first-order valence-corrected chi connectivity index (χ1v) is 16.5. The highest BCUT2D eigenvalue weighted by atomic mass is 16.6. The van der Waals surface area contributed by atoms with E-state index in [4.69, 9.17) is 37.9 Å². The van der Waals surface area contributed by atoms with Crippen LogP contribution in [0, 0.1) is 10.8 Å². The Morgan fingerprint density at radius 3 is 1.46 bits per heavy atom. The molecule has 0 aromatic carbocycles. The molecule has 0 aliphatic heterocycles. The first-order valence-electron chi connectivity index (χ1n) is 16.5. The predicted octanol–water partition coefficient (Wildman–Crippen LogP) is 4.11. The topological polar surface area (TPSA) is 166 Å². The van der Waals surface area contributed by atoms with Crippen molar-refractivity contribution in [2.24, 2.45) is 10.8 Å². The molecule has 276 valence electrons. The molecule has 1 aliphatic rings. The number of alkyl carbamates (subject to hydrolysis) is 2. The highest BCUT2D eigenvalue weighted by Crippen LogP contribution is 2.45. The Balaban J connectivity index is 2.14. The van der Waals surface area contributed by atoms with Crippen LogP contribution in [0.2, 0.25) is 0 Å². The van der Waals surface area contributed by atoms with Crippen molar-refractivity contribution in [2.75, 3.05) is 85.8 Å². The SMILES string of the molecule is C=C(C)C(=O)OCCOCCCOCCOC(=O)NCC1(C)CC(NC(=O)OCCOCCCOCCOC(=O)C(=C)C)CC(C)(C)C1. The monoisotopic (exact) mass is 686 g/mol. The second kappa shape index (κ2) is 24.0. The Labute approximate surface area is 285 Å². The van der Waals surface area contributed by atoms with Gasteiger partial charge in [0.2, 0.25) is 0 Å². The smallest absolute Gasteiger partial charge is 0.407 e. The highest BCUT2D eigenvalue weighted by molar-refractivity contribution is 5.87. The molecule has 48 heavy (non-hydrogen) atoms. The van der Waals surface area contributed by atoms with E-state index in [1.807, 2.05) is 0 Å². The maximum atomic E-state index is 12.5. The maximum Gasteiger partial charge on any atom is 0.407 e. The van der Waals surface area contributed by atoms with E-state index >= 15 is 0 Å². The quantitative estimate of drug-likeness (QED) is 0.0612. The van der Waals surface area contributed by atoms with Crippen molar-refractivity contribution in [2.45, 2.75) is 72.8 Å². The molecule has 0 aromatic heterocycles. The van der Waals surface area contributed by atoms with Crippen molar-refractivity contribution in [3.05, 3.63) is 24.3 Å². The molecule has 2 unspecified atom stereocenters. The van der Waals surface area contributed by atoms with Gasteiger partial charge in [0.25, 0.3) is 0 Å². The fraction of sp³-hybridized carbons (Fsp3) is 0.765. The van der Waals surface area contributed by atoms with E-state index in [9.17, 15) is 19.2 Å². The largest absolute Gasteiger partial charge is 0.460 e.